The highest BCUT2D eigenvalue weighted by molar-refractivity contribution is 6.01. The first-order valence-electron chi connectivity index (χ1n) is 12.4. The van der Waals surface area contributed by atoms with Crippen LogP contribution < -0.4 is 24.3 Å². The molecule has 2 amide bonds. The van der Waals surface area contributed by atoms with Gasteiger partial charge in [0, 0.05) is 12.1 Å². The Hall–Kier alpha value is -4.20. The summed E-state index contributed by atoms with van der Waals surface area (Å²) in [7, 11) is 3.19. The number of benzene rings is 3. The van der Waals surface area contributed by atoms with Gasteiger partial charge in [0.05, 0.1) is 32.7 Å². The maximum Gasteiger partial charge on any atom is 0.254 e. The molecule has 3 heterocycles. The van der Waals surface area contributed by atoms with Crippen LogP contribution in [-0.4, -0.2) is 56.7 Å². The van der Waals surface area contributed by atoms with E-state index in [0.717, 1.165) is 16.7 Å². The topological polar surface area (TPSA) is 86.3 Å². The van der Waals surface area contributed by atoms with Crippen molar-refractivity contribution in [1.82, 2.24) is 10.2 Å². The minimum absolute atomic E-state index is 0.0642. The zero-order chi connectivity index (χ0) is 25.5. The molecule has 0 saturated carbocycles. The molecule has 0 aromatic heterocycles. The number of hydrogen-bond donors (Lipinski definition) is 1. The summed E-state index contributed by atoms with van der Waals surface area (Å²) in [5.41, 5.74) is 3.23. The summed E-state index contributed by atoms with van der Waals surface area (Å²) in [6.45, 7) is 1.14. The molecule has 0 spiro atoms. The Labute approximate surface area is 215 Å². The molecule has 37 heavy (non-hydrogen) atoms. The van der Waals surface area contributed by atoms with Gasteiger partial charge < -0.3 is 29.2 Å². The maximum atomic E-state index is 13.9. The number of hydrogen-bond acceptors (Lipinski definition) is 6. The van der Waals surface area contributed by atoms with E-state index in [1.54, 1.807) is 20.3 Å². The molecule has 3 atom stereocenters. The fraction of sp³-hybridized carbons (Fsp3) is 0.310. The number of amides is 2. The lowest BCUT2D eigenvalue weighted by Gasteiger charge is -2.45. The lowest BCUT2D eigenvalue weighted by molar-refractivity contribution is -0.124. The van der Waals surface area contributed by atoms with Crippen LogP contribution in [0.1, 0.15) is 39.0 Å². The molecule has 0 unspecified atom stereocenters. The van der Waals surface area contributed by atoms with Gasteiger partial charge in [0.15, 0.2) is 23.0 Å². The summed E-state index contributed by atoms with van der Waals surface area (Å²) in [6.07, 6.45) is 0.347. The highest BCUT2D eigenvalue weighted by atomic mass is 16.6. The molecule has 3 aromatic carbocycles. The van der Waals surface area contributed by atoms with Crippen LogP contribution >= 0.6 is 0 Å². The molecule has 3 aliphatic heterocycles. The number of fused-ring (bicyclic) bond motifs is 5. The lowest BCUT2D eigenvalue weighted by atomic mass is 9.75. The van der Waals surface area contributed by atoms with Gasteiger partial charge in [-0.25, -0.2) is 0 Å². The van der Waals surface area contributed by atoms with E-state index in [0.29, 0.717) is 48.1 Å². The smallest absolute Gasteiger partial charge is 0.254 e. The molecule has 8 heteroatoms. The summed E-state index contributed by atoms with van der Waals surface area (Å²) >= 11 is 0. The maximum absolute atomic E-state index is 13.9. The standard InChI is InChI=1S/C29H28N2O6/c1-34-24-13-17-11-12-31-27(21(17)14-25(24)35-2)26(19-7-3-4-8-20(19)29(31)33)28(32)30-15-18-16-36-22-9-5-6-10-23(22)37-18/h3-10,13-14,18,26-27H,11-12,15-16H2,1-2H3,(H,30,32)/t18-,26-,27-/m1/s1. The predicted molar refractivity (Wildman–Crippen MR) is 136 cm³/mol. The second-order valence-corrected chi connectivity index (χ2v) is 9.41. The Balaban J connectivity index is 1.34. The number of carbonyl (C=O) groups excluding carboxylic acids is 2. The van der Waals surface area contributed by atoms with Crippen LogP contribution in [0.3, 0.4) is 0 Å². The van der Waals surface area contributed by atoms with Gasteiger partial charge in [-0.3, -0.25) is 9.59 Å². The van der Waals surface area contributed by atoms with Crippen LogP contribution in [0.5, 0.6) is 23.0 Å². The quantitative estimate of drug-likeness (QED) is 0.577. The lowest BCUT2D eigenvalue weighted by Crippen LogP contribution is -2.51. The van der Waals surface area contributed by atoms with Gasteiger partial charge in [0.2, 0.25) is 5.91 Å². The van der Waals surface area contributed by atoms with Gasteiger partial charge in [0.25, 0.3) is 5.91 Å². The van der Waals surface area contributed by atoms with Gasteiger partial charge in [0.1, 0.15) is 12.7 Å². The third-order valence-corrected chi connectivity index (χ3v) is 7.38. The highest BCUT2D eigenvalue weighted by Gasteiger charge is 2.46. The average molecular weight is 501 g/mol. The molecular formula is C29H28N2O6. The van der Waals surface area contributed by atoms with Crippen LogP contribution in [0.15, 0.2) is 60.7 Å². The van der Waals surface area contributed by atoms with Gasteiger partial charge in [-0.2, -0.15) is 0 Å². The van der Waals surface area contributed by atoms with Crippen molar-refractivity contribution in [2.45, 2.75) is 24.5 Å². The number of methoxy groups -OCH3 is 2. The monoisotopic (exact) mass is 500 g/mol. The van der Waals surface area contributed by atoms with Gasteiger partial charge in [-0.1, -0.05) is 30.3 Å². The number of para-hydroxylation sites is 2. The molecule has 0 saturated heterocycles. The SMILES string of the molecule is COc1cc2c(cc1OC)[C@@H]1[C@H](C(=O)NC[C@@H]3COc4ccccc4O3)c3ccccc3C(=O)N1CC2. The molecule has 1 N–H and O–H groups in total. The van der Waals surface area contributed by atoms with Crippen molar-refractivity contribution in [3.05, 3.63) is 82.9 Å². The first-order chi connectivity index (χ1) is 18.1. The molecule has 0 fully saturated rings. The number of ether oxygens (including phenoxy) is 4. The van der Waals surface area contributed by atoms with Crippen molar-refractivity contribution < 1.29 is 28.5 Å². The van der Waals surface area contributed by atoms with Crippen LogP contribution in [0, 0.1) is 0 Å². The molecule has 3 aliphatic rings. The summed E-state index contributed by atoms with van der Waals surface area (Å²) in [4.78, 5) is 29.2. The summed E-state index contributed by atoms with van der Waals surface area (Å²) in [6, 6.07) is 18.3. The zero-order valence-corrected chi connectivity index (χ0v) is 20.7. The van der Waals surface area contributed by atoms with E-state index in [1.807, 2.05) is 59.5 Å². The van der Waals surface area contributed by atoms with E-state index in [2.05, 4.69) is 5.32 Å². The zero-order valence-electron chi connectivity index (χ0n) is 20.7. The molecule has 6 rings (SSSR count). The first kappa shape index (κ1) is 23.2. The van der Waals surface area contributed by atoms with Crippen molar-refractivity contribution in [3.8, 4) is 23.0 Å². The van der Waals surface area contributed by atoms with E-state index in [9.17, 15) is 9.59 Å². The van der Waals surface area contributed by atoms with Crippen LogP contribution in [-0.2, 0) is 11.2 Å². The summed E-state index contributed by atoms with van der Waals surface area (Å²) in [5, 5.41) is 3.09. The summed E-state index contributed by atoms with van der Waals surface area (Å²) in [5.74, 6) is 1.74. The number of carbonyl (C=O) groups is 2. The molecule has 3 aromatic rings. The van der Waals surface area contributed by atoms with Gasteiger partial charge in [-0.05, 0) is 53.4 Å². The van der Waals surface area contributed by atoms with Crippen molar-refractivity contribution in [1.29, 1.82) is 0 Å². The first-order valence-corrected chi connectivity index (χ1v) is 12.4. The third kappa shape index (κ3) is 3.93. The van der Waals surface area contributed by atoms with E-state index < -0.39 is 12.0 Å². The van der Waals surface area contributed by atoms with E-state index in [-0.39, 0.29) is 24.5 Å². The average Bonchev–Trinajstić information content (AvgIpc) is 2.95. The third-order valence-electron chi connectivity index (χ3n) is 7.38. The summed E-state index contributed by atoms with van der Waals surface area (Å²) < 4.78 is 22.9. The molecular weight excluding hydrogens is 472 g/mol. The largest absolute Gasteiger partial charge is 0.493 e. The molecule has 0 bridgehead atoms. The Bertz CT molecular complexity index is 1370. The fourth-order valence-electron chi connectivity index (χ4n) is 5.62. The number of nitrogens with zero attached hydrogens (tertiary/aromatic N) is 1. The molecule has 190 valence electrons. The van der Waals surface area contributed by atoms with E-state index in [4.69, 9.17) is 18.9 Å². The predicted octanol–water partition coefficient (Wildman–Crippen LogP) is 3.50. The van der Waals surface area contributed by atoms with Crippen molar-refractivity contribution in [2.24, 2.45) is 0 Å². The number of nitrogens with one attached hydrogen (secondary N) is 1. The minimum atomic E-state index is -0.595. The number of rotatable bonds is 5. The van der Waals surface area contributed by atoms with Crippen molar-refractivity contribution in [2.75, 3.05) is 33.9 Å². The van der Waals surface area contributed by atoms with Crippen LogP contribution in [0.25, 0.3) is 0 Å². The van der Waals surface area contributed by atoms with Crippen LogP contribution in [0.4, 0.5) is 0 Å². The van der Waals surface area contributed by atoms with Gasteiger partial charge in [-0.15, -0.1) is 0 Å². The molecule has 0 aliphatic carbocycles. The Kier molecular flexibility index (Phi) is 5.87. The normalized spacial score (nSPS) is 21.3. The van der Waals surface area contributed by atoms with E-state index >= 15 is 0 Å². The van der Waals surface area contributed by atoms with Gasteiger partial charge >= 0.3 is 0 Å². The fourth-order valence-corrected chi connectivity index (χ4v) is 5.62. The van der Waals surface area contributed by atoms with Crippen molar-refractivity contribution in [3.63, 3.8) is 0 Å². The highest BCUT2D eigenvalue weighted by Crippen LogP contribution is 2.48. The van der Waals surface area contributed by atoms with E-state index in [1.165, 1.54) is 0 Å². The Morgan fingerprint density at radius 3 is 2.54 bits per heavy atom. The second-order valence-electron chi connectivity index (χ2n) is 9.41. The molecule has 0 radical (unpaired) electrons. The molecule has 8 nitrogen and oxygen atoms in total. The minimum Gasteiger partial charge on any atom is -0.493 e. The Morgan fingerprint density at radius 1 is 1.00 bits per heavy atom. The second kappa shape index (κ2) is 9.35. The van der Waals surface area contributed by atoms with Crippen molar-refractivity contribution >= 4 is 11.8 Å². The Morgan fingerprint density at radius 2 is 1.73 bits per heavy atom. The van der Waals surface area contributed by atoms with Crippen LogP contribution in [0.2, 0.25) is 0 Å².